The van der Waals surface area contributed by atoms with Gasteiger partial charge in [0.2, 0.25) is 11.8 Å². The van der Waals surface area contributed by atoms with Gasteiger partial charge in [-0.15, -0.1) is 0 Å². The van der Waals surface area contributed by atoms with Crippen molar-refractivity contribution in [2.45, 2.75) is 51.6 Å². The Morgan fingerprint density at radius 3 is 2.23 bits per heavy atom. The van der Waals surface area contributed by atoms with E-state index in [1.54, 1.807) is 49.4 Å². The van der Waals surface area contributed by atoms with E-state index in [0.717, 1.165) is 9.87 Å². The minimum absolute atomic E-state index is 0.0131. The molecular weight excluding hydrogens is 677 g/mol. The lowest BCUT2D eigenvalue weighted by Gasteiger charge is -2.33. The molecule has 0 spiro atoms. The Kier molecular flexibility index (Phi) is 12.3. The van der Waals surface area contributed by atoms with Crippen LogP contribution in [0.25, 0.3) is 0 Å². The summed E-state index contributed by atoms with van der Waals surface area (Å²) in [5, 5.41) is 3.57. The van der Waals surface area contributed by atoms with Crippen LogP contribution < -0.4 is 14.4 Å². The van der Waals surface area contributed by atoms with Crippen LogP contribution in [0.5, 0.6) is 5.75 Å². The molecule has 0 unspecified atom stereocenters. The normalized spacial score (nSPS) is 12.1. The molecule has 0 aromatic heterocycles. The van der Waals surface area contributed by atoms with Gasteiger partial charge in [0.25, 0.3) is 10.0 Å². The molecule has 3 aromatic carbocycles. The predicted molar refractivity (Wildman–Crippen MR) is 175 cm³/mol. The van der Waals surface area contributed by atoms with Crippen LogP contribution in [0.15, 0.2) is 70.0 Å². The molecule has 3 rings (SSSR count). The highest BCUT2D eigenvalue weighted by atomic mass is 79.9. The molecule has 0 heterocycles. The van der Waals surface area contributed by atoms with Gasteiger partial charge in [-0.25, -0.2) is 8.42 Å². The molecule has 1 atom stereocenters. The number of anilines is 1. The van der Waals surface area contributed by atoms with Crippen molar-refractivity contribution >= 4 is 66.7 Å². The van der Waals surface area contributed by atoms with Crippen LogP contribution in [0, 0.1) is 12.8 Å². The molecule has 0 aliphatic carbocycles. The van der Waals surface area contributed by atoms with E-state index >= 15 is 0 Å². The molecule has 3 aromatic rings. The molecule has 43 heavy (non-hydrogen) atoms. The van der Waals surface area contributed by atoms with Gasteiger partial charge in [0.05, 0.1) is 32.2 Å². The van der Waals surface area contributed by atoms with E-state index < -0.39 is 28.5 Å². The molecule has 2 amide bonds. The lowest BCUT2D eigenvalue weighted by molar-refractivity contribution is -0.140. The fourth-order valence-corrected chi connectivity index (χ4v) is 6.81. The topological polar surface area (TPSA) is 96.0 Å². The van der Waals surface area contributed by atoms with Gasteiger partial charge in [0, 0.05) is 13.1 Å². The highest BCUT2D eigenvalue weighted by molar-refractivity contribution is 9.10. The van der Waals surface area contributed by atoms with Crippen molar-refractivity contribution in [3.05, 3.63) is 86.3 Å². The summed E-state index contributed by atoms with van der Waals surface area (Å²) in [6.45, 7) is 7.53. The van der Waals surface area contributed by atoms with Crippen LogP contribution in [0.4, 0.5) is 5.69 Å². The fraction of sp³-hybridized carbons (Fsp3) is 0.355. The van der Waals surface area contributed by atoms with E-state index in [4.69, 9.17) is 27.9 Å². The standard InChI is InChI=1S/C31H36BrCl2N3O5S/c1-6-28(31(39)35-17-20(2)3)36(18-22-9-13-26(33)27(34)15-22)30(38)19-37(23-10-7-21(4)8-11-23)43(40,41)24-12-14-29(42-5)25(32)16-24/h7-16,20,28H,6,17-19H2,1-5H3,(H,35,39)/t28-/m0/s1. The van der Waals surface area contributed by atoms with Crippen molar-refractivity contribution < 1.29 is 22.7 Å². The lowest BCUT2D eigenvalue weighted by atomic mass is 10.1. The van der Waals surface area contributed by atoms with Gasteiger partial charge in [0.1, 0.15) is 18.3 Å². The average Bonchev–Trinajstić information content (AvgIpc) is 2.96. The first-order chi connectivity index (χ1) is 20.3. The number of carbonyl (C=O) groups is 2. The molecule has 0 radical (unpaired) electrons. The van der Waals surface area contributed by atoms with E-state index in [0.29, 0.717) is 44.5 Å². The molecule has 0 bridgehead atoms. The molecule has 0 fully saturated rings. The summed E-state index contributed by atoms with van der Waals surface area (Å²) in [6.07, 6.45) is 0.305. The summed E-state index contributed by atoms with van der Waals surface area (Å²) >= 11 is 15.7. The summed E-state index contributed by atoms with van der Waals surface area (Å²) in [7, 11) is -2.76. The maximum atomic E-state index is 14.2. The van der Waals surface area contributed by atoms with E-state index in [1.807, 2.05) is 20.8 Å². The summed E-state index contributed by atoms with van der Waals surface area (Å²) in [6, 6.07) is 15.3. The van der Waals surface area contributed by atoms with Crippen molar-refractivity contribution in [1.29, 1.82) is 0 Å². The quantitative estimate of drug-likeness (QED) is 0.209. The van der Waals surface area contributed by atoms with Gasteiger partial charge in [-0.1, -0.05) is 67.7 Å². The molecule has 8 nitrogen and oxygen atoms in total. The smallest absolute Gasteiger partial charge is 0.264 e. The van der Waals surface area contributed by atoms with Crippen molar-refractivity contribution in [3.63, 3.8) is 0 Å². The number of nitrogens with zero attached hydrogens (tertiary/aromatic N) is 2. The Hall–Kier alpha value is -2.79. The van der Waals surface area contributed by atoms with E-state index in [-0.39, 0.29) is 23.3 Å². The Morgan fingerprint density at radius 1 is 1.00 bits per heavy atom. The third-order valence-electron chi connectivity index (χ3n) is 6.72. The van der Waals surface area contributed by atoms with Crippen molar-refractivity contribution in [2.24, 2.45) is 5.92 Å². The van der Waals surface area contributed by atoms with Crippen molar-refractivity contribution in [2.75, 3.05) is 24.5 Å². The Bertz CT molecular complexity index is 1550. The second kappa shape index (κ2) is 15.3. The summed E-state index contributed by atoms with van der Waals surface area (Å²) in [5.41, 5.74) is 1.87. The Labute approximate surface area is 272 Å². The maximum Gasteiger partial charge on any atom is 0.264 e. The number of carbonyl (C=O) groups excluding carboxylic acids is 2. The molecular formula is C31H36BrCl2N3O5S. The second-order valence-corrected chi connectivity index (χ2v) is 14.0. The molecule has 0 saturated carbocycles. The molecule has 232 valence electrons. The van der Waals surface area contributed by atoms with E-state index in [2.05, 4.69) is 21.2 Å². The third kappa shape index (κ3) is 8.88. The number of amides is 2. The second-order valence-electron chi connectivity index (χ2n) is 10.5. The largest absolute Gasteiger partial charge is 0.496 e. The van der Waals surface area contributed by atoms with Crippen LogP contribution in [-0.2, 0) is 26.2 Å². The van der Waals surface area contributed by atoms with Crippen LogP contribution in [-0.4, -0.2) is 51.4 Å². The first-order valence-electron chi connectivity index (χ1n) is 13.7. The van der Waals surface area contributed by atoms with Crippen molar-refractivity contribution in [1.82, 2.24) is 10.2 Å². The first kappa shape index (κ1) is 34.7. The minimum Gasteiger partial charge on any atom is -0.496 e. The maximum absolute atomic E-state index is 14.2. The molecule has 1 N–H and O–H groups in total. The molecule has 0 saturated heterocycles. The summed E-state index contributed by atoms with van der Waals surface area (Å²) < 4.78 is 35.0. The van der Waals surface area contributed by atoms with Crippen LogP contribution in [0.2, 0.25) is 10.0 Å². The number of benzene rings is 3. The van der Waals surface area contributed by atoms with Gasteiger partial charge in [-0.05, 0) is 83.2 Å². The zero-order valence-electron chi connectivity index (χ0n) is 24.7. The number of sulfonamides is 1. The zero-order chi connectivity index (χ0) is 31.9. The summed E-state index contributed by atoms with van der Waals surface area (Å²) in [4.78, 5) is 28.9. The first-order valence-corrected chi connectivity index (χ1v) is 16.7. The van der Waals surface area contributed by atoms with E-state index in [9.17, 15) is 18.0 Å². The number of hydrogen-bond donors (Lipinski definition) is 1. The summed E-state index contributed by atoms with van der Waals surface area (Å²) in [5.74, 6) is -0.225. The third-order valence-corrected chi connectivity index (χ3v) is 9.85. The minimum atomic E-state index is -4.24. The highest BCUT2D eigenvalue weighted by Crippen LogP contribution is 2.31. The molecule has 0 aliphatic rings. The number of aryl methyl sites for hydroxylation is 1. The van der Waals surface area contributed by atoms with Gasteiger partial charge < -0.3 is 15.0 Å². The molecule has 0 aliphatic heterocycles. The van der Waals surface area contributed by atoms with Crippen LogP contribution in [0.3, 0.4) is 0 Å². The number of nitrogens with one attached hydrogen (secondary N) is 1. The SMILES string of the molecule is CC[C@@H](C(=O)NCC(C)C)N(Cc1ccc(Cl)c(Cl)c1)C(=O)CN(c1ccc(C)cc1)S(=O)(=O)c1ccc(OC)c(Br)c1. The zero-order valence-corrected chi connectivity index (χ0v) is 28.6. The number of rotatable bonds is 13. The number of methoxy groups -OCH3 is 1. The number of halogens is 3. The van der Waals surface area contributed by atoms with Gasteiger partial charge >= 0.3 is 0 Å². The fourth-order valence-electron chi connectivity index (χ4n) is 4.35. The van der Waals surface area contributed by atoms with Gasteiger partial charge in [-0.2, -0.15) is 0 Å². The van der Waals surface area contributed by atoms with E-state index in [1.165, 1.54) is 30.2 Å². The van der Waals surface area contributed by atoms with Gasteiger partial charge in [-0.3, -0.25) is 13.9 Å². The van der Waals surface area contributed by atoms with Gasteiger partial charge in [0.15, 0.2) is 0 Å². The monoisotopic (exact) mass is 711 g/mol. The predicted octanol–water partition coefficient (Wildman–Crippen LogP) is 6.85. The highest BCUT2D eigenvalue weighted by Gasteiger charge is 2.34. The Morgan fingerprint density at radius 2 is 1.67 bits per heavy atom. The lowest BCUT2D eigenvalue weighted by Crippen LogP contribution is -2.52. The van der Waals surface area contributed by atoms with Crippen LogP contribution in [0.1, 0.15) is 38.3 Å². The van der Waals surface area contributed by atoms with Crippen molar-refractivity contribution in [3.8, 4) is 5.75 Å². The van der Waals surface area contributed by atoms with Crippen LogP contribution >= 0.6 is 39.1 Å². The number of ether oxygens (including phenoxy) is 1. The Balaban J connectivity index is 2.08. The average molecular weight is 714 g/mol. The number of hydrogen-bond acceptors (Lipinski definition) is 5. The molecule has 12 heteroatoms.